The van der Waals surface area contributed by atoms with E-state index in [1.54, 1.807) is 0 Å². The van der Waals surface area contributed by atoms with Crippen LogP contribution in [0.2, 0.25) is 0 Å². The Bertz CT molecular complexity index is 650. The van der Waals surface area contributed by atoms with Gasteiger partial charge in [-0.1, -0.05) is 6.07 Å². The summed E-state index contributed by atoms with van der Waals surface area (Å²) in [5, 5.41) is 0. The average Bonchev–Trinajstić information content (AvgIpc) is 2.37. The zero-order chi connectivity index (χ0) is 16.3. The molecule has 0 amide bonds. The summed E-state index contributed by atoms with van der Waals surface area (Å²) in [6.45, 7) is 0. The molecule has 0 unspecified atom stereocenters. The maximum Gasteiger partial charge on any atom is 0.534 e. The van der Waals surface area contributed by atoms with E-state index in [1.165, 1.54) is 6.07 Å². The van der Waals surface area contributed by atoms with E-state index in [-0.39, 0.29) is 18.3 Å². The third-order valence-electron chi connectivity index (χ3n) is 2.26. The first-order chi connectivity index (χ1) is 9.60. The molecule has 10 heteroatoms. The van der Waals surface area contributed by atoms with Crippen LogP contribution in [0.5, 0.6) is 5.75 Å². The molecule has 1 rings (SSSR count). The van der Waals surface area contributed by atoms with Crippen LogP contribution in [0.15, 0.2) is 18.2 Å². The molecule has 0 aliphatic heterocycles. The molecule has 0 radical (unpaired) electrons. The zero-order valence-corrected chi connectivity index (χ0v) is 11.3. The van der Waals surface area contributed by atoms with Gasteiger partial charge in [-0.3, -0.25) is 9.59 Å². The Kier molecular flexibility index (Phi) is 4.94. The van der Waals surface area contributed by atoms with Crippen LogP contribution in [0.25, 0.3) is 0 Å². The predicted molar refractivity (Wildman–Crippen MR) is 63.2 cm³/mol. The molecule has 0 N–H and O–H groups in total. The van der Waals surface area contributed by atoms with Crippen molar-refractivity contribution in [2.24, 2.45) is 0 Å². The van der Waals surface area contributed by atoms with E-state index in [4.69, 9.17) is 0 Å². The van der Waals surface area contributed by atoms with Gasteiger partial charge in [-0.2, -0.15) is 21.6 Å². The van der Waals surface area contributed by atoms with E-state index in [2.05, 4.69) is 8.92 Å². The summed E-state index contributed by atoms with van der Waals surface area (Å²) in [5.74, 6) is -1.51. The molecule has 0 aromatic heterocycles. The van der Waals surface area contributed by atoms with Gasteiger partial charge < -0.3 is 8.92 Å². The summed E-state index contributed by atoms with van der Waals surface area (Å²) in [6, 6.07) is 3.14. The molecular formula is C11H9F3O6S. The van der Waals surface area contributed by atoms with Crippen molar-refractivity contribution < 1.29 is 40.1 Å². The first-order valence-corrected chi connectivity index (χ1v) is 6.67. The van der Waals surface area contributed by atoms with Gasteiger partial charge in [0.05, 0.1) is 19.1 Å². The van der Waals surface area contributed by atoms with E-state index in [0.717, 1.165) is 19.2 Å². The van der Waals surface area contributed by atoms with Gasteiger partial charge in [-0.05, 0) is 17.7 Å². The summed E-state index contributed by atoms with van der Waals surface area (Å²) in [6.07, 6.45) is -0.193. The lowest BCUT2D eigenvalue weighted by molar-refractivity contribution is -0.139. The summed E-state index contributed by atoms with van der Waals surface area (Å²) in [7, 11) is -4.80. The van der Waals surface area contributed by atoms with Gasteiger partial charge in [-0.25, -0.2) is 0 Å². The molecule has 0 aliphatic carbocycles. The average molecular weight is 326 g/mol. The third-order valence-corrected chi connectivity index (χ3v) is 3.23. The normalized spacial score (nSPS) is 11.8. The highest BCUT2D eigenvalue weighted by molar-refractivity contribution is 7.88. The second-order valence-electron chi connectivity index (χ2n) is 3.73. The van der Waals surface area contributed by atoms with Crippen LogP contribution < -0.4 is 4.18 Å². The van der Waals surface area contributed by atoms with E-state index in [0.29, 0.717) is 0 Å². The highest BCUT2D eigenvalue weighted by Gasteiger charge is 2.48. The van der Waals surface area contributed by atoms with Crippen molar-refractivity contribution in [2.75, 3.05) is 7.11 Å². The van der Waals surface area contributed by atoms with Crippen LogP contribution in [-0.2, 0) is 26.1 Å². The third kappa shape index (κ3) is 4.18. The molecule has 0 spiro atoms. The lowest BCUT2D eigenvalue weighted by Crippen LogP contribution is -2.28. The van der Waals surface area contributed by atoms with Crippen LogP contribution in [0, 0.1) is 0 Å². The number of ether oxygens (including phenoxy) is 1. The Morgan fingerprint density at radius 1 is 1.33 bits per heavy atom. The van der Waals surface area contributed by atoms with Crippen LogP contribution in [0.3, 0.4) is 0 Å². The number of carbonyl (C=O) groups excluding carboxylic acids is 2. The number of hydrogen-bond donors (Lipinski definition) is 0. The lowest BCUT2D eigenvalue weighted by atomic mass is 10.1. The van der Waals surface area contributed by atoms with Crippen LogP contribution in [0.4, 0.5) is 13.2 Å². The number of carbonyl (C=O) groups is 2. The standard InChI is InChI=1S/C11H9F3O6S/c1-19-10(16)5-7-2-3-8(6-15)9(4-7)20-21(17,18)11(12,13)14/h2-4,6H,5H2,1H3. The van der Waals surface area contributed by atoms with Crippen LogP contribution >= 0.6 is 0 Å². The topological polar surface area (TPSA) is 86.7 Å². The first-order valence-electron chi connectivity index (χ1n) is 5.26. The van der Waals surface area contributed by atoms with Crippen molar-refractivity contribution in [3.63, 3.8) is 0 Å². The Hall–Kier alpha value is -2.10. The molecule has 0 bridgehead atoms. The van der Waals surface area contributed by atoms with E-state index >= 15 is 0 Å². The molecule has 0 heterocycles. The molecule has 116 valence electrons. The summed E-state index contributed by atoms with van der Waals surface area (Å²) < 4.78 is 66.8. The van der Waals surface area contributed by atoms with Crippen molar-refractivity contribution in [1.29, 1.82) is 0 Å². The quantitative estimate of drug-likeness (QED) is 0.352. The number of esters is 1. The second-order valence-corrected chi connectivity index (χ2v) is 5.26. The summed E-state index contributed by atoms with van der Waals surface area (Å²) >= 11 is 0. The number of aldehydes is 1. The largest absolute Gasteiger partial charge is 0.534 e. The predicted octanol–water partition coefficient (Wildman–Crippen LogP) is 1.44. The highest BCUT2D eigenvalue weighted by Crippen LogP contribution is 2.29. The smallest absolute Gasteiger partial charge is 0.469 e. The maximum absolute atomic E-state index is 12.2. The van der Waals surface area contributed by atoms with Crippen molar-refractivity contribution in [1.82, 2.24) is 0 Å². The second kappa shape index (κ2) is 6.12. The zero-order valence-electron chi connectivity index (χ0n) is 10.5. The number of methoxy groups -OCH3 is 1. The molecule has 0 atom stereocenters. The number of alkyl halides is 3. The fraction of sp³-hybridized carbons (Fsp3) is 0.273. The fourth-order valence-corrected chi connectivity index (χ4v) is 1.74. The number of hydrogen-bond acceptors (Lipinski definition) is 6. The molecule has 1 aromatic carbocycles. The van der Waals surface area contributed by atoms with Crippen LogP contribution in [-0.4, -0.2) is 33.3 Å². The maximum atomic E-state index is 12.2. The Morgan fingerprint density at radius 2 is 1.95 bits per heavy atom. The van der Waals surface area contributed by atoms with Crippen molar-refractivity contribution in [3.05, 3.63) is 29.3 Å². The number of rotatable bonds is 5. The molecule has 0 saturated carbocycles. The van der Waals surface area contributed by atoms with Gasteiger partial charge >= 0.3 is 21.6 Å². The molecule has 21 heavy (non-hydrogen) atoms. The summed E-state index contributed by atoms with van der Waals surface area (Å²) in [5.41, 5.74) is -5.91. The molecule has 6 nitrogen and oxygen atoms in total. The SMILES string of the molecule is COC(=O)Cc1ccc(C=O)c(OS(=O)(=O)C(F)(F)F)c1. The van der Waals surface area contributed by atoms with Gasteiger partial charge in [0.1, 0.15) is 0 Å². The highest BCUT2D eigenvalue weighted by atomic mass is 32.2. The minimum atomic E-state index is -5.91. The van der Waals surface area contributed by atoms with E-state index in [1.807, 2.05) is 0 Å². The Balaban J connectivity index is 3.18. The minimum absolute atomic E-state index is 0.125. The van der Waals surface area contributed by atoms with Crippen molar-refractivity contribution >= 4 is 22.4 Å². The fourth-order valence-electron chi connectivity index (χ4n) is 1.26. The van der Waals surface area contributed by atoms with Crippen molar-refractivity contribution in [3.8, 4) is 5.75 Å². The molecule has 1 aromatic rings. The first kappa shape index (κ1) is 17.0. The summed E-state index contributed by atoms with van der Waals surface area (Å²) in [4.78, 5) is 21.8. The van der Waals surface area contributed by atoms with Gasteiger partial charge in [0.25, 0.3) is 0 Å². The minimum Gasteiger partial charge on any atom is -0.469 e. The monoisotopic (exact) mass is 326 g/mol. The van der Waals surface area contributed by atoms with Gasteiger partial charge in [0.15, 0.2) is 12.0 Å². The van der Waals surface area contributed by atoms with E-state index in [9.17, 15) is 31.2 Å². The molecule has 0 aliphatic rings. The Labute approximate surface area is 117 Å². The lowest BCUT2D eigenvalue weighted by Gasteiger charge is -2.11. The van der Waals surface area contributed by atoms with Crippen molar-refractivity contribution in [2.45, 2.75) is 11.9 Å². The van der Waals surface area contributed by atoms with Gasteiger partial charge in [0, 0.05) is 0 Å². The Morgan fingerprint density at radius 3 is 2.43 bits per heavy atom. The van der Waals surface area contributed by atoms with E-state index < -0.39 is 32.9 Å². The molecule has 0 fully saturated rings. The number of benzene rings is 1. The van der Waals surface area contributed by atoms with Gasteiger partial charge in [-0.15, -0.1) is 0 Å². The molecule has 0 saturated heterocycles. The number of halogens is 3. The molecular weight excluding hydrogens is 317 g/mol. The van der Waals surface area contributed by atoms with Gasteiger partial charge in [0.2, 0.25) is 0 Å². The van der Waals surface area contributed by atoms with Crippen LogP contribution in [0.1, 0.15) is 15.9 Å².